The highest BCUT2D eigenvalue weighted by molar-refractivity contribution is 8.01. The minimum absolute atomic E-state index is 0.0671. The zero-order valence-electron chi connectivity index (χ0n) is 19.0. The van der Waals surface area contributed by atoms with E-state index in [9.17, 15) is 18.3 Å². The van der Waals surface area contributed by atoms with E-state index < -0.39 is 16.0 Å². The summed E-state index contributed by atoms with van der Waals surface area (Å²) in [5.41, 5.74) is 4.18. The third-order valence-electron chi connectivity index (χ3n) is 5.55. The molecule has 186 valence electrons. The molecule has 2 aromatic heterocycles. The molecule has 8 nitrogen and oxygen atoms in total. The van der Waals surface area contributed by atoms with E-state index in [2.05, 4.69) is 16.7 Å². The lowest BCUT2D eigenvalue weighted by Crippen LogP contribution is -2.10. The molecule has 36 heavy (non-hydrogen) atoms. The lowest BCUT2D eigenvalue weighted by molar-refractivity contribution is 0.0688. The second kappa shape index (κ2) is 9.07. The van der Waals surface area contributed by atoms with Gasteiger partial charge >= 0.3 is 5.97 Å². The topological polar surface area (TPSA) is 114 Å². The summed E-state index contributed by atoms with van der Waals surface area (Å²) in [6.45, 7) is 3.77. The Balaban J connectivity index is 1.66. The maximum Gasteiger partial charge on any atom is 0.355 e. The van der Waals surface area contributed by atoms with Crippen molar-refractivity contribution >= 4 is 68.0 Å². The van der Waals surface area contributed by atoms with Crippen molar-refractivity contribution < 1.29 is 18.3 Å². The maximum atomic E-state index is 12.5. The van der Waals surface area contributed by atoms with E-state index in [0.717, 1.165) is 21.6 Å². The van der Waals surface area contributed by atoms with E-state index in [1.54, 1.807) is 49.0 Å². The van der Waals surface area contributed by atoms with Crippen molar-refractivity contribution in [2.75, 3.05) is 11.0 Å². The fourth-order valence-corrected chi connectivity index (χ4v) is 7.55. The number of rotatable bonds is 5. The first-order valence-corrected chi connectivity index (χ1v) is 14.9. The normalized spacial score (nSPS) is 14.9. The molecule has 0 spiro atoms. The van der Waals surface area contributed by atoms with Crippen molar-refractivity contribution in [2.45, 2.75) is 23.3 Å². The molecule has 2 N–H and O–H groups in total. The molecule has 1 atom stereocenters. The lowest BCUT2D eigenvalue weighted by Gasteiger charge is -2.21. The average molecular weight is 582 g/mol. The lowest BCUT2D eigenvalue weighted by atomic mass is 10.0. The van der Waals surface area contributed by atoms with E-state index in [-0.39, 0.29) is 10.9 Å². The average Bonchev–Trinajstić information content (AvgIpc) is 3.35. The van der Waals surface area contributed by atoms with E-state index in [1.165, 1.54) is 16.0 Å². The number of nitrogens with zero attached hydrogens (tertiary/aromatic N) is 3. The van der Waals surface area contributed by atoms with Crippen LogP contribution in [0, 0.1) is 6.92 Å². The van der Waals surface area contributed by atoms with Crippen LogP contribution in [0.4, 0.5) is 5.69 Å². The highest BCUT2D eigenvalue weighted by Crippen LogP contribution is 2.53. The zero-order chi connectivity index (χ0) is 25.9. The molecule has 1 aliphatic heterocycles. The van der Waals surface area contributed by atoms with Crippen molar-refractivity contribution in [1.29, 1.82) is 0 Å². The number of hydrogen-bond donors (Lipinski definition) is 2. The summed E-state index contributed by atoms with van der Waals surface area (Å²) < 4.78 is 28.0. The molecule has 0 amide bonds. The van der Waals surface area contributed by atoms with Gasteiger partial charge in [0.15, 0.2) is 5.69 Å². The third-order valence-corrected chi connectivity index (χ3v) is 9.26. The number of halogens is 2. The number of carbonyl (C=O) groups is 1. The Hall–Kier alpha value is -2.57. The standard InChI is InChI=1S/C23H18Cl2N4O4S3/c1-10-18(12-5-4-6-13(7-12)28-36(3,32)33)20(21(30)31)29(27-10)23-26-19-15-9-17(25)16(24)8-14(15)11(2)34-22(19)35-23/h4-9,11,28H,1-3H3,(H,30,31). The van der Waals surface area contributed by atoms with Crippen molar-refractivity contribution in [2.24, 2.45) is 0 Å². The molecule has 4 aromatic rings. The van der Waals surface area contributed by atoms with Crippen LogP contribution in [-0.4, -0.2) is 40.5 Å². The van der Waals surface area contributed by atoms with Crippen LogP contribution in [-0.2, 0) is 10.0 Å². The van der Waals surface area contributed by atoms with Crippen molar-refractivity contribution in [3.8, 4) is 27.5 Å². The minimum atomic E-state index is -3.50. The van der Waals surface area contributed by atoms with Crippen LogP contribution in [0.5, 0.6) is 0 Å². The molecule has 0 radical (unpaired) electrons. The molecule has 13 heteroatoms. The summed E-state index contributed by atoms with van der Waals surface area (Å²) in [4.78, 5) is 17.2. The maximum absolute atomic E-state index is 12.5. The Kier molecular flexibility index (Phi) is 6.32. The van der Waals surface area contributed by atoms with Gasteiger partial charge in [-0.3, -0.25) is 4.72 Å². The first kappa shape index (κ1) is 25.1. The Morgan fingerprint density at radius 3 is 2.61 bits per heavy atom. The summed E-state index contributed by atoms with van der Waals surface area (Å²) >= 11 is 15.5. The number of hydrogen-bond acceptors (Lipinski definition) is 7. The SMILES string of the molecule is Cc1nn(-c2nc3c(s2)SC(C)c2cc(Cl)c(Cl)cc2-3)c(C(=O)O)c1-c1cccc(NS(C)(=O)=O)c1. The van der Waals surface area contributed by atoms with Gasteiger partial charge in [-0.2, -0.15) is 9.78 Å². The number of aryl methyl sites for hydroxylation is 1. The number of carboxylic acids is 1. The fourth-order valence-electron chi connectivity index (χ4n) is 4.12. The van der Waals surface area contributed by atoms with Crippen LogP contribution in [0.25, 0.3) is 27.5 Å². The Labute approximate surface area is 225 Å². The number of aromatic nitrogens is 3. The predicted molar refractivity (Wildman–Crippen MR) is 145 cm³/mol. The van der Waals surface area contributed by atoms with Crippen LogP contribution in [0.15, 0.2) is 40.6 Å². The van der Waals surface area contributed by atoms with Crippen LogP contribution < -0.4 is 4.72 Å². The molecular weight excluding hydrogens is 563 g/mol. The predicted octanol–water partition coefficient (Wildman–Crippen LogP) is 6.51. The molecule has 1 unspecified atom stereocenters. The van der Waals surface area contributed by atoms with Gasteiger partial charge in [-0.1, -0.05) is 46.7 Å². The van der Waals surface area contributed by atoms with Gasteiger partial charge in [0.25, 0.3) is 0 Å². The second-order valence-corrected chi connectivity index (χ2v) is 13.4. The van der Waals surface area contributed by atoms with Gasteiger partial charge in [-0.15, -0.1) is 11.8 Å². The highest BCUT2D eigenvalue weighted by atomic mass is 35.5. The Morgan fingerprint density at radius 1 is 1.19 bits per heavy atom. The Morgan fingerprint density at radius 2 is 1.92 bits per heavy atom. The number of nitrogens with one attached hydrogen (secondary N) is 1. The monoisotopic (exact) mass is 580 g/mol. The summed E-state index contributed by atoms with van der Waals surface area (Å²) in [7, 11) is -3.50. The molecule has 0 saturated carbocycles. The van der Waals surface area contributed by atoms with E-state index in [0.29, 0.717) is 43.4 Å². The number of anilines is 1. The fraction of sp³-hybridized carbons (Fsp3) is 0.174. The second-order valence-electron chi connectivity index (χ2n) is 8.23. The van der Waals surface area contributed by atoms with Gasteiger partial charge in [0.2, 0.25) is 15.2 Å². The van der Waals surface area contributed by atoms with Gasteiger partial charge < -0.3 is 5.11 Å². The largest absolute Gasteiger partial charge is 0.476 e. The van der Waals surface area contributed by atoms with Crippen LogP contribution >= 0.6 is 46.3 Å². The molecule has 3 heterocycles. The number of fused-ring (bicyclic) bond motifs is 3. The Bertz CT molecular complexity index is 1660. The van der Waals surface area contributed by atoms with Gasteiger partial charge in [-0.25, -0.2) is 18.2 Å². The van der Waals surface area contributed by atoms with Gasteiger partial charge in [0.05, 0.1) is 31.9 Å². The first-order chi connectivity index (χ1) is 16.9. The molecular formula is C23H18Cl2N4O4S3. The number of benzene rings is 2. The third kappa shape index (κ3) is 4.50. The van der Waals surface area contributed by atoms with Crippen LogP contribution in [0.3, 0.4) is 0 Å². The van der Waals surface area contributed by atoms with Crippen molar-refractivity contribution in [1.82, 2.24) is 14.8 Å². The number of thiazole rings is 1. The molecule has 0 fully saturated rings. The number of aromatic carboxylic acids is 1. The van der Waals surface area contributed by atoms with E-state index >= 15 is 0 Å². The van der Waals surface area contributed by atoms with Gasteiger partial charge in [0, 0.05) is 22.1 Å². The summed E-state index contributed by atoms with van der Waals surface area (Å²) in [6.07, 6.45) is 1.05. The molecule has 0 aliphatic carbocycles. The molecule has 0 saturated heterocycles. The van der Waals surface area contributed by atoms with E-state index in [1.807, 2.05) is 6.07 Å². The van der Waals surface area contributed by atoms with Crippen molar-refractivity contribution in [3.63, 3.8) is 0 Å². The first-order valence-electron chi connectivity index (χ1n) is 10.5. The molecule has 0 bridgehead atoms. The van der Waals surface area contributed by atoms with Gasteiger partial charge in [-0.05, 0) is 49.2 Å². The van der Waals surface area contributed by atoms with Crippen LogP contribution in [0.1, 0.15) is 33.9 Å². The quantitative estimate of drug-likeness (QED) is 0.276. The van der Waals surface area contributed by atoms with Gasteiger partial charge in [0.1, 0.15) is 0 Å². The molecule has 5 rings (SSSR count). The summed E-state index contributed by atoms with van der Waals surface area (Å²) in [6, 6.07) is 10.2. The number of sulfonamides is 1. The number of carboxylic acid groups (broad SMARTS) is 1. The highest BCUT2D eigenvalue weighted by Gasteiger charge is 2.31. The minimum Gasteiger partial charge on any atom is -0.476 e. The molecule has 2 aromatic carbocycles. The van der Waals surface area contributed by atoms with E-state index in [4.69, 9.17) is 28.2 Å². The smallest absolute Gasteiger partial charge is 0.355 e. The zero-order valence-corrected chi connectivity index (χ0v) is 23.0. The number of thioether (sulfide) groups is 1. The molecule has 1 aliphatic rings. The summed E-state index contributed by atoms with van der Waals surface area (Å²) in [5.74, 6) is -1.18. The van der Waals surface area contributed by atoms with Crippen molar-refractivity contribution in [3.05, 3.63) is 63.4 Å². The summed E-state index contributed by atoms with van der Waals surface area (Å²) in [5, 5.41) is 16.1. The van der Waals surface area contributed by atoms with Crippen LogP contribution in [0.2, 0.25) is 10.0 Å².